The lowest BCUT2D eigenvalue weighted by molar-refractivity contribution is -0.384. The molecule has 0 spiro atoms. The van der Waals surface area contributed by atoms with Crippen LogP contribution in [-0.2, 0) is 4.79 Å². The van der Waals surface area contributed by atoms with E-state index in [-0.39, 0.29) is 38.3 Å². The Balaban J connectivity index is 1.66. The molecule has 2 aromatic carbocycles. The number of carbonyl (C=O) groups excluding carboxylic acids is 1. The summed E-state index contributed by atoms with van der Waals surface area (Å²) >= 11 is 13.0. The number of anilines is 1. The van der Waals surface area contributed by atoms with Gasteiger partial charge in [-0.1, -0.05) is 35.0 Å². The first-order chi connectivity index (χ1) is 14.8. The Kier molecular flexibility index (Phi) is 7.21. The highest BCUT2D eigenvalue weighted by Crippen LogP contribution is 2.35. The normalized spacial score (nSPS) is 10.6. The first-order valence-corrected chi connectivity index (χ1v) is 10.2. The molecule has 162 valence electrons. The summed E-state index contributed by atoms with van der Waals surface area (Å²) in [6.07, 6.45) is 0. The second-order valence-electron chi connectivity index (χ2n) is 5.85. The van der Waals surface area contributed by atoms with E-state index >= 15 is 0 Å². The van der Waals surface area contributed by atoms with Gasteiger partial charge in [0, 0.05) is 23.8 Å². The number of carbonyl (C=O) groups is 1. The number of nitro groups is 1. The number of hydrogen-bond acceptors (Lipinski definition) is 9. The van der Waals surface area contributed by atoms with Crippen LogP contribution in [0.15, 0.2) is 40.0 Å². The largest absolute Gasteiger partial charge is 0.497 e. The molecule has 0 aliphatic rings. The Hall–Kier alpha value is -3.02. The van der Waals surface area contributed by atoms with Gasteiger partial charge in [0.05, 0.1) is 40.6 Å². The molecular formula is C18H14Cl2N4O6S. The van der Waals surface area contributed by atoms with Gasteiger partial charge in [0.15, 0.2) is 0 Å². The molecule has 0 unspecified atom stereocenters. The zero-order valence-corrected chi connectivity index (χ0v) is 18.4. The molecule has 1 heterocycles. The molecule has 0 aliphatic heterocycles. The summed E-state index contributed by atoms with van der Waals surface area (Å²) in [5.41, 5.74) is 0.383. The zero-order valence-electron chi connectivity index (χ0n) is 16.0. The van der Waals surface area contributed by atoms with Crippen LogP contribution < -0.4 is 14.8 Å². The third kappa shape index (κ3) is 5.57. The van der Waals surface area contributed by atoms with Crippen LogP contribution in [0.4, 0.5) is 11.4 Å². The predicted molar refractivity (Wildman–Crippen MR) is 115 cm³/mol. The monoisotopic (exact) mass is 484 g/mol. The Morgan fingerprint density at radius 1 is 1.13 bits per heavy atom. The third-order valence-corrected chi connectivity index (χ3v) is 5.25. The molecule has 1 amide bonds. The molecule has 0 aliphatic carbocycles. The number of benzene rings is 2. The van der Waals surface area contributed by atoms with Crippen molar-refractivity contribution < 1.29 is 23.6 Å². The number of nitro benzene ring substituents is 1. The van der Waals surface area contributed by atoms with Crippen molar-refractivity contribution in [3.63, 3.8) is 0 Å². The second kappa shape index (κ2) is 9.86. The number of halogens is 2. The summed E-state index contributed by atoms with van der Waals surface area (Å²) in [6.45, 7) is 0. The van der Waals surface area contributed by atoms with Crippen molar-refractivity contribution in [2.24, 2.45) is 0 Å². The fraction of sp³-hybridized carbons (Fsp3) is 0.167. The maximum Gasteiger partial charge on any atom is 0.277 e. The van der Waals surface area contributed by atoms with E-state index in [1.165, 1.54) is 14.2 Å². The summed E-state index contributed by atoms with van der Waals surface area (Å²) in [7, 11) is 3.05. The number of amides is 1. The number of non-ortho nitro benzene ring substituents is 1. The van der Waals surface area contributed by atoms with Gasteiger partial charge in [-0.2, -0.15) is 0 Å². The highest BCUT2D eigenvalue weighted by molar-refractivity contribution is 7.99. The molecular weight excluding hydrogens is 471 g/mol. The van der Waals surface area contributed by atoms with E-state index in [1.807, 2.05) is 0 Å². The SMILES string of the molecule is COc1cc(OC)cc(-c2nnc(SCC(=O)Nc3c(Cl)cc([N+](=O)[O-])cc3Cl)o2)c1. The fourth-order valence-electron chi connectivity index (χ4n) is 2.40. The molecule has 10 nitrogen and oxygen atoms in total. The maximum absolute atomic E-state index is 12.2. The van der Waals surface area contributed by atoms with Crippen molar-refractivity contribution in [1.82, 2.24) is 10.2 Å². The zero-order chi connectivity index (χ0) is 22.5. The summed E-state index contributed by atoms with van der Waals surface area (Å²) in [5.74, 6) is 0.773. The van der Waals surface area contributed by atoms with Gasteiger partial charge in [0.1, 0.15) is 11.5 Å². The van der Waals surface area contributed by atoms with Crippen LogP contribution in [-0.4, -0.2) is 41.0 Å². The maximum atomic E-state index is 12.2. The summed E-state index contributed by atoms with van der Waals surface area (Å²) < 4.78 is 16.0. The van der Waals surface area contributed by atoms with Crippen molar-refractivity contribution in [1.29, 1.82) is 0 Å². The first-order valence-electron chi connectivity index (χ1n) is 8.43. The Bertz CT molecular complexity index is 1090. The Morgan fingerprint density at radius 3 is 2.29 bits per heavy atom. The van der Waals surface area contributed by atoms with Gasteiger partial charge in [-0.3, -0.25) is 14.9 Å². The third-order valence-electron chi connectivity index (χ3n) is 3.83. The fourth-order valence-corrected chi connectivity index (χ4v) is 3.54. The van der Waals surface area contributed by atoms with E-state index in [1.54, 1.807) is 18.2 Å². The Labute approximate surface area is 190 Å². The van der Waals surface area contributed by atoms with Crippen LogP contribution in [0.3, 0.4) is 0 Å². The minimum absolute atomic E-state index is 0.0513. The van der Waals surface area contributed by atoms with Gasteiger partial charge < -0.3 is 19.2 Å². The van der Waals surface area contributed by atoms with Gasteiger partial charge >= 0.3 is 0 Å². The van der Waals surface area contributed by atoms with Crippen molar-refractivity contribution in [2.75, 3.05) is 25.3 Å². The van der Waals surface area contributed by atoms with Crippen LogP contribution in [0.2, 0.25) is 10.0 Å². The van der Waals surface area contributed by atoms with Gasteiger partial charge in [-0.15, -0.1) is 10.2 Å². The van der Waals surface area contributed by atoms with E-state index < -0.39 is 10.8 Å². The van der Waals surface area contributed by atoms with E-state index in [4.69, 9.17) is 37.1 Å². The number of methoxy groups -OCH3 is 2. The number of nitrogens with one attached hydrogen (secondary N) is 1. The topological polar surface area (TPSA) is 130 Å². The number of thioether (sulfide) groups is 1. The van der Waals surface area contributed by atoms with Crippen LogP contribution >= 0.6 is 35.0 Å². The van der Waals surface area contributed by atoms with Crippen molar-refractivity contribution in [3.8, 4) is 23.0 Å². The smallest absolute Gasteiger partial charge is 0.277 e. The molecule has 3 rings (SSSR count). The lowest BCUT2D eigenvalue weighted by Crippen LogP contribution is -2.14. The number of nitrogens with zero attached hydrogens (tertiary/aromatic N) is 3. The number of ether oxygens (including phenoxy) is 2. The van der Waals surface area contributed by atoms with Crippen LogP contribution in [0.5, 0.6) is 11.5 Å². The van der Waals surface area contributed by atoms with E-state index in [2.05, 4.69) is 15.5 Å². The molecule has 13 heteroatoms. The van der Waals surface area contributed by atoms with E-state index in [0.29, 0.717) is 17.1 Å². The minimum Gasteiger partial charge on any atom is -0.497 e. The molecule has 0 saturated carbocycles. The number of rotatable bonds is 8. The first kappa shape index (κ1) is 22.7. The highest BCUT2D eigenvalue weighted by Gasteiger charge is 2.18. The van der Waals surface area contributed by atoms with Gasteiger partial charge in [0.25, 0.3) is 10.9 Å². The minimum atomic E-state index is -0.635. The lowest BCUT2D eigenvalue weighted by atomic mass is 10.2. The summed E-state index contributed by atoms with van der Waals surface area (Å²) in [5, 5.41) is 21.3. The average Bonchev–Trinajstić information content (AvgIpc) is 3.23. The molecule has 3 aromatic rings. The predicted octanol–water partition coefficient (Wildman–Crippen LogP) is 4.70. The molecule has 0 bridgehead atoms. The standard InChI is InChI=1S/C18H14Cl2N4O6S/c1-28-11-3-9(4-12(7-11)29-2)17-22-23-18(30-17)31-8-15(25)21-16-13(19)5-10(24(26)27)6-14(16)20/h3-7H,8H2,1-2H3,(H,21,25). The quantitative estimate of drug-likeness (QED) is 0.274. The van der Waals surface area contributed by atoms with Crippen molar-refractivity contribution in [3.05, 3.63) is 50.5 Å². The molecule has 0 radical (unpaired) electrons. The molecule has 0 saturated heterocycles. The summed E-state index contributed by atoms with van der Waals surface area (Å²) in [6, 6.07) is 7.31. The molecule has 0 fully saturated rings. The van der Waals surface area contributed by atoms with Gasteiger partial charge in [-0.25, -0.2) is 0 Å². The number of hydrogen-bond donors (Lipinski definition) is 1. The lowest BCUT2D eigenvalue weighted by Gasteiger charge is -2.08. The summed E-state index contributed by atoms with van der Waals surface area (Å²) in [4.78, 5) is 22.4. The van der Waals surface area contributed by atoms with E-state index in [9.17, 15) is 14.9 Å². The van der Waals surface area contributed by atoms with Crippen LogP contribution in [0, 0.1) is 10.1 Å². The highest BCUT2D eigenvalue weighted by atomic mass is 35.5. The van der Waals surface area contributed by atoms with Crippen molar-refractivity contribution in [2.45, 2.75) is 5.22 Å². The second-order valence-corrected chi connectivity index (χ2v) is 7.59. The molecule has 0 atom stereocenters. The molecule has 31 heavy (non-hydrogen) atoms. The molecule has 1 N–H and O–H groups in total. The number of aromatic nitrogens is 2. The van der Waals surface area contributed by atoms with Crippen LogP contribution in [0.1, 0.15) is 0 Å². The Morgan fingerprint density at radius 2 is 1.74 bits per heavy atom. The van der Waals surface area contributed by atoms with Gasteiger partial charge in [-0.05, 0) is 12.1 Å². The van der Waals surface area contributed by atoms with E-state index in [0.717, 1.165) is 23.9 Å². The van der Waals surface area contributed by atoms with Crippen molar-refractivity contribution >= 4 is 52.2 Å². The average molecular weight is 485 g/mol. The van der Waals surface area contributed by atoms with Gasteiger partial charge in [0.2, 0.25) is 11.8 Å². The molecule has 1 aromatic heterocycles. The van der Waals surface area contributed by atoms with Crippen LogP contribution in [0.25, 0.3) is 11.5 Å².